The van der Waals surface area contributed by atoms with Crippen LogP contribution in [0.15, 0.2) is 90.7 Å². The van der Waals surface area contributed by atoms with Crippen LogP contribution < -0.4 is 16.0 Å². The van der Waals surface area contributed by atoms with Gasteiger partial charge >= 0.3 is 0 Å². The van der Waals surface area contributed by atoms with Gasteiger partial charge in [-0.3, -0.25) is 24.2 Å². The zero-order chi connectivity index (χ0) is 47.1. The van der Waals surface area contributed by atoms with E-state index in [0.29, 0.717) is 24.7 Å². The Labute approximate surface area is 400 Å². The molecule has 3 aromatic carbocycles. The number of anilines is 1. The first-order valence-electron chi connectivity index (χ1n) is 22.8. The number of halogens is 1. The van der Waals surface area contributed by atoms with Crippen molar-refractivity contribution in [3.63, 3.8) is 0 Å². The monoisotopic (exact) mass is 946 g/mol. The zero-order valence-corrected chi connectivity index (χ0v) is 40.0. The van der Waals surface area contributed by atoms with Gasteiger partial charge in [-0.2, -0.15) is 0 Å². The van der Waals surface area contributed by atoms with Gasteiger partial charge in [-0.05, 0) is 52.3 Å². The Bertz CT molecular complexity index is 2640. The predicted octanol–water partition coefficient (Wildman–Crippen LogP) is 6.27. The van der Waals surface area contributed by atoms with Crippen molar-refractivity contribution in [2.75, 3.05) is 57.8 Å². The van der Waals surface area contributed by atoms with E-state index in [1.807, 2.05) is 81.7 Å². The van der Waals surface area contributed by atoms with E-state index in [-0.39, 0.29) is 32.0 Å². The highest BCUT2D eigenvalue weighted by Crippen LogP contribution is 2.30. The van der Waals surface area contributed by atoms with Crippen LogP contribution >= 0.6 is 22.9 Å². The molecule has 8 rings (SSSR count). The number of β-amino-alcohol motifs (C(OH)–C–C–N with tert-alkyl or cyclic N) is 1. The molecule has 15 nitrogen and oxygen atoms in total. The van der Waals surface area contributed by atoms with Gasteiger partial charge in [0.15, 0.2) is 0 Å². The molecule has 0 spiro atoms. The lowest BCUT2D eigenvalue weighted by molar-refractivity contribution is -0.144. The smallest absolute Gasteiger partial charge is 0.246 e. The number of hydrogen-bond donors (Lipinski definition) is 5. The van der Waals surface area contributed by atoms with Gasteiger partial charge in [-0.1, -0.05) is 99.1 Å². The van der Waals surface area contributed by atoms with E-state index in [9.17, 15) is 19.5 Å². The molecule has 3 atom stereocenters. The molecule has 17 heteroatoms. The van der Waals surface area contributed by atoms with Gasteiger partial charge in [0.1, 0.15) is 36.5 Å². The molecule has 5 heterocycles. The number of rotatable bonds is 17. The number of aliphatic hydroxyl groups excluding tert-OH is 1. The van der Waals surface area contributed by atoms with Crippen LogP contribution in [-0.4, -0.2) is 128 Å². The number of ether oxygens (including phenoxy) is 1. The summed E-state index contributed by atoms with van der Waals surface area (Å²) >= 11 is 7.94. The summed E-state index contributed by atoms with van der Waals surface area (Å²) in [6.45, 7) is 13.7. The van der Waals surface area contributed by atoms with Crippen LogP contribution in [-0.2, 0) is 38.8 Å². The van der Waals surface area contributed by atoms with Crippen molar-refractivity contribution in [3.8, 4) is 21.7 Å². The SMILES string of the molecule is Cc1ncsc1-c1ccc(CNC(=O)[C@@H]2C[C@@H](O)CN2C(=O)[C@@H](NC(=O)COCCN2CCN(Cc3ccc(-c4cc5c(NCc6ccccc6Cl)ncnc5[nH]4)cc3)CC2)C(C)(C)C)cc1. The van der Waals surface area contributed by atoms with Crippen LogP contribution in [0.1, 0.15) is 49.6 Å². The minimum Gasteiger partial charge on any atom is -0.391 e. The zero-order valence-electron chi connectivity index (χ0n) is 38.4. The van der Waals surface area contributed by atoms with Crippen molar-refractivity contribution in [1.29, 1.82) is 0 Å². The number of piperazine rings is 1. The van der Waals surface area contributed by atoms with Crippen molar-refractivity contribution >= 4 is 57.5 Å². The molecule has 5 N–H and O–H groups in total. The number of likely N-dealkylation sites (tertiary alicyclic amines) is 1. The lowest BCUT2D eigenvalue weighted by atomic mass is 9.85. The third-order valence-electron chi connectivity index (χ3n) is 12.5. The van der Waals surface area contributed by atoms with E-state index in [0.717, 1.165) is 88.1 Å². The standard InChI is InChI=1S/C50H59ClN10O5S/c1-32-44(67-31-56-32)36-15-9-33(10-16-36)25-53-48(64)42-23-38(62)28-61(42)49(65)45(50(2,3)4)58-43(63)29-66-22-21-59-17-19-60(20-18-59)27-34-11-13-35(14-12-34)41-24-39-46(54-30-55-47(39)57-41)52-26-37-7-5-6-8-40(37)51/h5-16,24,30-31,38,42,45,62H,17-23,25-29H2,1-4H3,(H,53,64)(H,58,63)(H2,52,54,55,57)/t38-,42+,45-/m1/s1. The number of H-pyrrole nitrogens is 1. The summed E-state index contributed by atoms with van der Waals surface area (Å²) in [4.78, 5) is 64.7. The maximum atomic E-state index is 14.0. The second-order valence-corrected chi connectivity index (χ2v) is 19.7. The largest absolute Gasteiger partial charge is 0.391 e. The lowest BCUT2D eigenvalue weighted by Gasteiger charge is -2.35. The van der Waals surface area contributed by atoms with E-state index in [1.165, 1.54) is 10.5 Å². The number of aryl methyl sites for hydroxylation is 1. The van der Waals surface area contributed by atoms with Gasteiger partial charge in [0.05, 0.1) is 34.2 Å². The first-order chi connectivity index (χ1) is 32.3. The molecule has 3 amide bonds. The summed E-state index contributed by atoms with van der Waals surface area (Å²) in [7, 11) is 0. The van der Waals surface area contributed by atoms with Crippen LogP contribution in [0.2, 0.25) is 5.02 Å². The number of benzene rings is 3. The fourth-order valence-electron chi connectivity index (χ4n) is 8.62. The molecule has 2 aliphatic heterocycles. The lowest BCUT2D eigenvalue weighted by Crippen LogP contribution is -2.58. The van der Waals surface area contributed by atoms with Gasteiger partial charge in [0.25, 0.3) is 0 Å². The Morgan fingerprint density at radius 2 is 1.64 bits per heavy atom. The summed E-state index contributed by atoms with van der Waals surface area (Å²) in [5.41, 5.74) is 9.11. The fraction of sp³-hybridized carbons (Fsp3) is 0.400. The van der Waals surface area contributed by atoms with Crippen LogP contribution in [0.5, 0.6) is 0 Å². The minimum absolute atomic E-state index is 0.00687. The van der Waals surface area contributed by atoms with Crippen molar-refractivity contribution in [1.82, 2.24) is 45.3 Å². The van der Waals surface area contributed by atoms with Crippen molar-refractivity contribution in [2.45, 2.75) is 71.9 Å². The molecular formula is C50H59ClN10O5S. The van der Waals surface area contributed by atoms with E-state index in [2.05, 4.69) is 76.0 Å². The van der Waals surface area contributed by atoms with Gasteiger partial charge < -0.3 is 35.7 Å². The maximum Gasteiger partial charge on any atom is 0.246 e. The predicted molar refractivity (Wildman–Crippen MR) is 262 cm³/mol. The summed E-state index contributed by atoms with van der Waals surface area (Å²) in [5, 5.41) is 21.5. The highest BCUT2D eigenvalue weighted by molar-refractivity contribution is 7.13. The second-order valence-electron chi connectivity index (χ2n) is 18.4. The topological polar surface area (TPSA) is 181 Å². The van der Waals surface area contributed by atoms with E-state index < -0.39 is 35.4 Å². The first-order valence-corrected chi connectivity index (χ1v) is 24.0. The molecule has 67 heavy (non-hydrogen) atoms. The van der Waals surface area contributed by atoms with Gasteiger partial charge in [0, 0.05) is 76.0 Å². The molecule has 0 unspecified atom stereocenters. The summed E-state index contributed by atoms with van der Waals surface area (Å²) in [6.07, 6.45) is 0.818. The minimum atomic E-state index is -0.929. The second kappa shape index (κ2) is 21.5. The number of fused-ring (bicyclic) bond motifs is 1. The molecule has 2 aliphatic rings. The molecule has 0 saturated carbocycles. The highest BCUT2D eigenvalue weighted by atomic mass is 35.5. The van der Waals surface area contributed by atoms with Crippen LogP contribution in [0.25, 0.3) is 32.7 Å². The normalized spacial score (nSPS) is 17.4. The van der Waals surface area contributed by atoms with E-state index in [1.54, 1.807) is 17.7 Å². The highest BCUT2D eigenvalue weighted by Gasteiger charge is 2.44. The molecule has 352 valence electrons. The molecule has 0 aliphatic carbocycles. The molecule has 2 saturated heterocycles. The first kappa shape index (κ1) is 47.7. The quantitative estimate of drug-likeness (QED) is 0.0651. The number of carbonyl (C=O) groups excluding carboxylic acids is 3. The Morgan fingerprint density at radius 1 is 0.925 bits per heavy atom. The van der Waals surface area contributed by atoms with E-state index in [4.69, 9.17) is 16.3 Å². The van der Waals surface area contributed by atoms with Crippen LogP contribution in [0, 0.1) is 12.3 Å². The average Bonchev–Trinajstić information content (AvgIpc) is 4.07. The van der Waals surface area contributed by atoms with Gasteiger partial charge in [-0.15, -0.1) is 11.3 Å². The number of amides is 3. The number of aliphatic hydroxyl groups is 1. The summed E-state index contributed by atoms with van der Waals surface area (Å²) < 4.78 is 5.81. The van der Waals surface area contributed by atoms with Crippen molar-refractivity contribution < 1.29 is 24.2 Å². The number of aromatic nitrogens is 4. The van der Waals surface area contributed by atoms with Crippen LogP contribution in [0.4, 0.5) is 5.82 Å². The molecule has 3 aromatic heterocycles. The molecule has 6 aromatic rings. The van der Waals surface area contributed by atoms with E-state index >= 15 is 0 Å². The third-order valence-corrected chi connectivity index (χ3v) is 13.8. The third kappa shape index (κ3) is 12.1. The average molecular weight is 948 g/mol. The summed E-state index contributed by atoms with van der Waals surface area (Å²) in [6, 6.07) is 24.6. The number of thiazole rings is 1. The van der Waals surface area contributed by atoms with Gasteiger partial charge in [-0.25, -0.2) is 15.0 Å². The summed E-state index contributed by atoms with van der Waals surface area (Å²) in [5.74, 6) is -0.425. The maximum absolute atomic E-state index is 14.0. The van der Waals surface area contributed by atoms with Crippen molar-refractivity contribution in [2.24, 2.45) is 5.41 Å². The number of nitrogens with zero attached hydrogens (tertiary/aromatic N) is 6. The molecule has 0 radical (unpaired) electrons. The Hall–Kier alpha value is -5.75. The van der Waals surface area contributed by atoms with Crippen LogP contribution in [0.3, 0.4) is 0 Å². The molecule has 2 fully saturated rings. The molecular weight excluding hydrogens is 888 g/mol. The van der Waals surface area contributed by atoms with Gasteiger partial charge in [0.2, 0.25) is 17.7 Å². The number of carbonyl (C=O) groups is 3. The number of nitrogens with one attached hydrogen (secondary N) is 4. The Morgan fingerprint density at radius 3 is 2.36 bits per heavy atom. The fourth-order valence-corrected chi connectivity index (χ4v) is 9.63. The molecule has 0 bridgehead atoms. The Kier molecular flexibility index (Phi) is 15.3. The Balaban J connectivity index is 0.753. The number of hydrogen-bond acceptors (Lipinski definition) is 12. The number of aromatic amines is 1. The van der Waals surface area contributed by atoms with Crippen molar-refractivity contribution in [3.05, 3.63) is 118 Å².